The third-order valence-electron chi connectivity index (χ3n) is 5.45. The number of hydrogen-bond acceptors (Lipinski definition) is 4. The van der Waals surface area contributed by atoms with Crippen LogP contribution in [-0.2, 0) is 28.0 Å². The van der Waals surface area contributed by atoms with Crippen LogP contribution in [0.1, 0.15) is 59.5 Å². The number of hydrogen-bond donors (Lipinski definition) is 1. The molecule has 0 radical (unpaired) electrons. The number of benzene rings is 3. The van der Waals surface area contributed by atoms with E-state index in [0.717, 1.165) is 11.1 Å². The smallest absolute Gasteiger partial charge is 0.337 e. The van der Waals surface area contributed by atoms with Crippen LogP contribution in [0.4, 0.5) is 0 Å². The molecule has 3 rings (SSSR count). The maximum atomic E-state index is 11.6. The van der Waals surface area contributed by atoms with Crippen molar-refractivity contribution in [3.8, 4) is 0 Å². The van der Waals surface area contributed by atoms with E-state index in [1.165, 1.54) is 18.2 Å². The van der Waals surface area contributed by atoms with E-state index >= 15 is 0 Å². The van der Waals surface area contributed by atoms with Crippen molar-refractivity contribution < 1.29 is 14.3 Å². The third-order valence-corrected chi connectivity index (χ3v) is 5.45. The number of nitrogens with one attached hydrogen (secondary N) is 1. The van der Waals surface area contributed by atoms with Gasteiger partial charge < -0.3 is 14.8 Å². The fourth-order valence-electron chi connectivity index (χ4n) is 3.49. The molecule has 0 aliphatic carbocycles. The SMILES string of the molecule is COC(=O)c1ccc(CNCC(OCc2cccc(C(C)(C)C)c2)c2ccccc2)cc1. The van der Waals surface area contributed by atoms with Gasteiger partial charge in [0.1, 0.15) is 0 Å². The van der Waals surface area contributed by atoms with Gasteiger partial charge in [-0.25, -0.2) is 4.79 Å². The fraction of sp³-hybridized carbons (Fsp3) is 0.321. The highest BCUT2D eigenvalue weighted by Crippen LogP contribution is 2.24. The van der Waals surface area contributed by atoms with E-state index in [1.54, 1.807) is 12.1 Å². The quantitative estimate of drug-likeness (QED) is 0.434. The second kappa shape index (κ2) is 11.1. The molecule has 0 spiro atoms. The monoisotopic (exact) mass is 431 g/mol. The van der Waals surface area contributed by atoms with Gasteiger partial charge in [0.25, 0.3) is 0 Å². The lowest BCUT2D eigenvalue weighted by Gasteiger charge is -2.22. The standard InChI is InChI=1S/C28H33NO3/c1-28(2,3)25-12-8-9-22(17-25)20-32-26(23-10-6-5-7-11-23)19-29-18-21-13-15-24(16-14-21)27(30)31-4/h5-17,26,29H,18-20H2,1-4H3. The van der Waals surface area contributed by atoms with Crippen molar-refractivity contribution in [1.82, 2.24) is 5.32 Å². The van der Waals surface area contributed by atoms with Crippen molar-refractivity contribution in [3.05, 3.63) is 107 Å². The Morgan fingerprint density at radius 1 is 0.906 bits per heavy atom. The van der Waals surface area contributed by atoms with Crippen LogP contribution in [-0.4, -0.2) is 19.6 Å². The molecule has 1 unspecified atom stereocenters. The Hall–Kier alpha value is -2.95. The molecule has 0 heterocycles. The molecule has 0 bridgehead atoms. The molecule has 0 aliphatic heterocycles. The third kappa shape index (κ3) is 6.78. The number of ether oxygens (including phenoxy) is 2. The summed E-state index contributed by atoms with van der Waals surface area (Å²) in [7, 11) is 1.39. The summed E-state index contributed by atoms with van der Waals surface area (Å²) in [4.78, 5) is 11.6. The summed E-state index contributed by atoms with van der Waals surface area (Å²) in [6.07, 6.45) is -0.0659. The molecule has 4 nitrogen and oxygen atoms in total. The van der Waals surface area contributed by atoms with Crippen molar-refractivity contribution in [2.45, 2.75) is 45.4 Å². The molecule has 1 atom stereocenters. The number of esters is 1. The highest BCUT2D eigenvalue weighted by molar-refractivity contribution is 5.89. The van der Waals surface area contributed by atoms with E-state index < -0.39 is 0 Å². The molecular formula is C28H33NO3. The second-order valence-corrected chi connectivity index (χ2v) is 8.98. The molecule has 168 valence electrons. The normalized spacial score (nSPS) is 12.4. The average molecular weight is 432 g/mol. The molecule has 32 heavy (non-hydrogen) atoms. The van der Waals surface area contributed by atoms with Crippen LogP contribution < -0.4 is 5.32 Å². The average Bonchev–Trinajstić information content (AvgIpc) is 2.81. The van der Waals surface area contributed by atoms with Gasteiger partial charge in [0.05, 0.1) is 25.4 Å². The summed E-state index contributed by atoms with van der Waals surface area (Å²) < 4.78 is 11.1. The predicted molar refractivity (Wildman–Crippen MR) is 129 cm³/mol. The van der Waals surface area contributed by atoms with Crippen molar-refractivity contribution in [1.29, 1.82) is 0 Å². The van der Waals surface area contributed by atoms with Crippen molar-refractivity contribution in [2.24, 2.45) is 0 Å². The molecule has 1 N–H and O–H groups in total. The summed E-state index contributed by atoms with van der Waals surface area (Å²) >= 11 is 0. The first kappa shape index (κ1) is 23.7. The Balaban J connectivity index is 1.62. The highest BCUT2D eigenvalue weighted by atomic mass is 16.5. The molecule has 0 saturated carbocycles. The maximum absolute atomic E-state index is 11.6. The van der Waals surface area contributed by atoms with Crippen molar-refractivity contribution >= 4 is 5.97 Å². The molecule has 3 aromatic carbocycles. The molecule has 3 aromatic rings. The summed E-state index contributed by atoms with van der Waals surface area (Å²) in [5, 5.41) is 3.49. The molecular weight excluding hydrogens is 398 g/mol. The van der Waals surface area contributed by atoms with Gasteiger partial charge in [0.15, 0.2) is 0 Å². The van der Waals surface area contributed by atoms with Crippen LogP contribution in [0.5, 0.6) is 0 Å². The number of rotatable bonds is 9. The fourth-order valence-corrected chi connectivity index (χ4v) is 3.49. The zero-order chi connectivity index (χ0) is 23.0. The zero-order valence-electron chi connectivity index (χ0n) is 19.4. The van der Waals surface area contributed by atoms with Crippen LogP contribution >= 0.6 is 0 Å². The van der Waals surface area contributed by atoms with Gasteiger partial charge in [0.2, 0.25) is 0 Å². The Labute approximate surface area is 191 Å². The van der Waals surface area contributed by atoms with Crippen LogP contribution in [0.15, 0.2) is 78.9 Å². The van der Waals surface area contributed by atoms with E-state index in [4.69, 9.17) is 9.47 Å². The van der Waals surface area contributed by atoms with Gasteiger partial charge >= 0.3 is 5.97 Å². The molecule has 0 aliphatic rings. The van der Waals surface area contributed by atoms with Gasteiger partial charge in [-0.2, -0.15) is 0 Å². The molecule has 4 heteroatoms. The van der Waals surface area contributed by atoms with Crippen LogP contribution in [0.25, 0.3) is 0 Å². The van der Waals surface area contributed by atoms with Crippen LogP contribution in [0.2, 0.25) is 0 Å². The Morgan fingerprint density at radius 3 is 2.28 bits per heavy atom. The summed E-state index contributed by atoms with van der Waals surface area (Å²) in [5.74, 6) is -0.322. The lowest BCUT2D eigenvalue weighted by Crippen LogP contribution is -2.23. The van der Waals surface area contributed by atoms with Gasteiger partial charge in [0, 0.05) is 13.1 Å². The van der Waals surface area contributed by atoms with E-state index in [0.29, 0.717) is 25.3 Å². The van der Waals surface area contributed by atoms with Gasteiger partial charge in [-0.1, -0.05) is 87.5 Å². The second-order valence-electron chi connectivity index (χ2n) is 8.98. The lowest BCUT2D eigenvalue weighted by molar-refractivity contribution is 0.0395. The summed E-state index contributed by atoms with van der Waals surface area (Å²) in [6.45, 7) is 8.60. The van der Waals surface area contributed by atoms with Crippen LogP contribution in [0.3, 0.4) is 0 Å². The summed E-state index contributed by atoms with van der Waals surface area (Å²) in [6, 6.07) is 26.4. The molecule has 0 saturated heterocycles. The van der Waals surface area contributed by atoms with Crippen molar-refractivity contribution in [3.63, 3.8) is 0 Å². The van der Waals surface area contributed by atoms with Gasteiger partial charge in [-0.05, 0) is 39.8 Å². The van der Waals surface area contributed by atoms with E-state index in [-0.39, 0.29) is 17.5 Å². The highest BCUT2D eigenvalue weighted by Gasteiger charge is 2.15. The zero-order valence-corrected chi connectivity index (χ0v) is 19.4. The molecule has 0 amide bonds. The van der Waals surface area contributed by atoms with Gasteiger partial charge in [-0.3, -0.25) is 0 Å². The first-order valence-corrected chi connectivity index (χ1v) is 11.0. The number of carbonyl (C=O) groups is 1. The summed E-state index contributed by atoms with van der Waals surface area (Å²) in [5.41, 5.74) is 5.40. The maximum Gasteiger partial charge on any atom is 0.337 e. The Kier molecular flexibility index (Phi) is 8.20. The lowest BCUT2D eigenvalue weighted by atomic mass is 9.86. The first-order chi connectivity index (χ1) is 15.4. The van der Waals surface area contributed by atoms with E-state index in [1.807, 2.05) is 30.3 Å². The number of carbonyl (C=O) groups excluding carboxylic acids is 1. The van der Waals surface area contributed by atoms with E-state index in [2.05, 4.69) is 62.5 Å². The largest absolute Gasteiger partial charge is 0.465 e. The minimum absolute atomic E-state index is 0.0659. The Morgan fingerprint density at radius 2 is 1.62 bits per heavy atom. The van der Waals surface area contributed by atoms with E-state index in [9.17, 15) is 4.79 Å². The topological polar surface area (TPSA) is 47.6 Å². The Bertz CT molecular complexity index is 991. The van der Waals surface area contributed by atoms with Gasteiger partial charge in [-0.15, -0.1) is 0 Å². The number of methoxy groups -OCH3 is 1. The molecule has 0 aromatic heterocycles. The minimum Gasteiger partial charge on any atom is -0.465 e. The first-order valence-electron chi connectivity index (χ1n) is 11.0. The van der Waals surface area contributed by atoms with Crippen LogP contribution in [0, 0.1) is 0 Å². The minimum atomic E-state index is -0.322. The molecule has 0 fully saturated rings. The predicted octanol–water partition coefficient (Wildman–Crippen LogP) is 5.82. The van der Waals surface area contributed by atoms with Crippen molar-refractivity contribution in [2.75, 3.05) is 13.7 Å².